The average molecular weight is 422 g/mol. The number of pyridine rings is 1. The van der Waals surface area contributed by atoms with Gasteiger partial charge in [-0.25, -0.2) is 9.78 Å². The maximum absolute atomic E-state index is 12.8. The van der Waals surface area contributed by atoms with Gasteiger partial charge in [-0.2, -0.15) is 5.10 Å². The fourth-order valence-corrected chi connectivity index (χ4v) is 4.40. The summed E-state index contributed by atoms with van der Waals surface area (Å²) in [4.78, 5) is 30.1. The molecule has 0 aromatic carbocycles. The zero-order chi connectivity index (χ0) is 22.3. The van der Waals surface area contributed by atoms with Crippen LogP contribution in [0.1, 0.15) is 62.6 Å². The van der Waals surface area contributed by atoms with E-state index in [2.05, 4.69) is 31.9 Å². The van der Waals surface area contributed by atoms with Crippen LogP contribution in [-0.4, -0.2) is 29.7 Å². The Balaban J connectivity index is 1.53. The van der Waals surface area contributed by atoms with E-state index in [1.807, 2.05) is 16.7 Å². The Labute approximate surface area is 182 Å². The van der Waals surface area contributed by atoms with Gasteiger partial charge in [0.15, 0.2) is 11.4 Å². The van der Waals surface area contributed by atoms with Crippen molar-refractivity contribution in [3.63, 3.8) is 0 Å². The van der Waals surface area contributed by atoms with Crippen LogP contribution in [0, 0.1) is 11.3 Å². The topological polar surface area (TPSA) is 74.7 Å². The van der Waals surface area contributed by atoms with Gasteiger partial charge >= 0.3 is 5.69 Å². The molecule has 1 aliphatic rings. The van der Waals surface area contributed by atoms with Crippen LogP contribution in [0.2, 0.25) is 0 Å². The van der Waals surface area contributed by atoms with Crippen molar-refractivity contribution in [1.82, 2.24) is 23.9 Å². The first-order valence-electron chi connectivity index (χ1n) is 10.9. The van der Waals surface area contributed by atoms with Gasteiger partial charge < -0.3 is 0 Å². The Morgan fingerprint density at radius 1 is 1.19 bits per heavy atom. The van der Waals surface area contributed by atoms with E-state index >= 15 is 0 Å². The molecule has 1 aliphatic carbocycles. The van der Waals surface area contributed by atoms with Gasteiger partial charge in [-0.05, 0) is 54.4 Å². The largest absolute Gasteiger partial charge is 0.330 e. The minimum absolute atomic E-state index is 0.00456. The highest BCUT2D eigenvalue weighted by Gasteiger charge is 2.23. The summed E-state index contributed by atoms with van der Waals surface area (Å²) in [6.45, 7) is 7.03. The smallest absolute Gasteiger partial charge is 0.292 e. The first kappa shape index (κ1) is 21.3. The molecule has 0 bridgehead atoms. The van der Waals surface area contributed by atoms with Crippen molar-refractivity contribution >= 4 is 22.5 Å². The number of rotatable bonds is 5. The first-order chi connectivity index (χ1) is 14.6. The molecule has 31 heavy (non-hydrogen) atoms. The van der Waals surface area contributed by atoms with Gasteiger partial charge in [-0.3, -0.25) is 18.6 Å². The summed E-state index contributed by atoms with van der Waals surface area (Å²) in [5, 5.41) is 4.09. The van der Waals surface area contributed by atoms with E-state index in [0.717, 1.165) is 36.1 Å². The highest BCUT2D eigenvalue weighted by atomic mass is 16.1. The molecule has 3 heterocycles. The maximum Gasteiger partial charge on any atom is 0.330 e. The number of allylic oxidation sites excluding steroid dienone is 2. The van der Waals surface area contributed by atoms with Gasteiger partial charge in [0.2, 0.25) is 0 Å². The molecule has 0 fully saturated rings. The standard InChI is InChI=1S/C24H31N5O2/c1-24(2,3)15-29-20-11-10-18(26-22(20)27(4)23(29)31)17-8-6-16(7-9-17)14-21(30)19-12-13-25-28(19)5/h8,10-13,16H,6-7,9,14-15H2,1-5H3. The SMILES string of the molecule is Cn1nccc1C(=O)CC1CC=C(c2ccc3c(n2)n(C)c(=O)n3CC(C)(C)C)CC1. The summed E-state index contributed by atoms with van der Waals surface area (Å²) in [7, 11) is 3.59. The second-order valence-electron chi connectivity index (χ2n) is 9.86. The van der Waals surface area contributed by atoms with Gasteiger partial charge in [-0.1, -0.05) is 26.8 Å². The van der Waals surface area contributed by atoms with E-state index in [1.54, 1.807) is 35.6 Å². The lowest BCUT2D eigenvalue weighted by molar-refractivity contribution is 0.0949. The normalized spacial score (nSPS) is 17.2. The third kappa shape index (κ3) is 4.27. The highest BCUT2D eigenvalue weighted by molar-refractivity contribution is 5.94. The van der Waals surface area contributed by atoms with Gasteiger partial charge in [0.05, 0.1) is 11.2 Å². The van der Waals surface area contributed by atoms with Crippen molar-refractivity contribution in [2.75, 3.05) is 0 Å². The number of Topliss-reactive ketones (excluding diaryl/α,β-unsaturated/α-hetero) is 1. The molecule has 7 heteroatoms. The van der Waals surface area contributed by atoms with Crippen molar-refractivity contribution in [3.8, 4) is 0 Å². The number of hydrogen-bond donors (Lipinski definition) is 0. The fourth-order valence-electron chi connectivity index (χ4n) is 4.40. The molecule has 0 spiro atoms. The van der Waals surface area contributed by atoms with Crippen LogP contribution in [0.15, 0.2) is 35.3 Å². The van der Waals surface area contributed by atoms with Gasteiger partial charge in [0.1, 0.15) is 5.69 Å². The summed E-state index contributed by atoms with van der Waals surface area (Å²) < 4.78 is 5.10. The zero-order valence-corrected chi connectivity index (χ0v) is 19.1. The van der Waals surface area contributed by atoms with Crippen LogP contribution in [0.25, 0.3) is 16.7 Å². The Morgan fingerprint density at radius 3 is 2.58 bits per heavy atom. The number of imidazole rings is 1. The molecule has 1 unspecified atom stereocenters. The summed E-state index contributed by atoms with van der Waals surface area (Å²) in [6.07, 6.45) is 7.12. The molecule has 3 aromatic heterocycles. The first-order valence-corrected chi connectivity index (χ1v) is 10.9. The molecule has 0 saturated heterocycles. The molecule has 3 aromatic rings. The molecule has 0 radical (unpaired) electrons. The zero-order valence-electron chi connectivity index (χ0n) is 19.1. The molecule has 0 N–H and O–H groups in total. The van der Waals surface area contributed by atoms with Crippen molar-refractivity contribution in [2.24, 2.45) is 25.4 Å². The van der Waals surface area contributed by atoms with Crippen LogP contribution in [0.3, 0.4) is 0 Å². The van der Waals surface area contributed by atoms with Crippen molar-refractivity contribution < 1.29 is 4.79 Å². The van der Waals surface area contributed by atoms with Gasteiger partial charge in [0, 0.05) is 33.3 Å². The van der Waals surface area contributed by atoms with E-state index in [-0.39, 0.29) is 16.9 Å². The molecule has 7 nitrogen and oxygen atoms in total. The molecule has 0 amide bonds. The Bertz CT molecular complexity index is 1220. The minimum Gasteiger partial charge on any atom is -0.292 e. The molecule has 0 saturated carbocycles. The number of hydrogen-bond acceptors (Lipinski definition) is 4. The number of aromatic nitrogens is 5. The molecule has 164 valence electrons. The van der Waals surface area contributed by atoms with E-state index in [0.29, 0.717) is 24.6 Å². The van der Waals surface area contributed by atoms with Crippen LogP contribution >= 0.6 is 0 Å². The lowest BCUT2D eigenvalue weighted by atomic mass is 9.85. The summed E-state index contributed by atoms with van der Waals surface area (Å²) in [5.74, 6) is 0.490. The third-order valence-electron chi connectivity index (χ3n) is 6.04. The van der Waals surface area contributed by atoms with E-state index < -0.39 is 0 Å². The number of carbonyl (C=O) groups excluding carboxylic acids is 1. The minimum atomic E-state index is -0.0269. The predicted octanol–water partition coefficient (Wildman–Crippen LogP) is 3.97. The van der Waals surface area contributed by atoms with Crippen LogP contribution in [0.5, 0.6) is 0 Å². The second-order valence-corrected chi connectivity index (χ2v) is 9.86. The van der Waals surface area contributed by atoms with Crippen LogP contribution in [0.4, 0.5) is 0 Å². The molecule has 1 atom stereocenters. The molecular formula is C24H31N5O2. The number of carbonyl (C=O) groups is 1. The maximum atomic E-state index is 12.8. The van der Waals surface area contributed by atoms with Crippen LogP contribution < -0.4 is 5.69 Å². The summed E-state index contributed by atoms with van der Waals surface area (Å²) in [6, 6.07) is 5.82. The molecule has 0 aliphatic heterocycles. The fraction of sp³-hybridized carbons (Fsp3) is 0.500. The van der Waals surface area contributed by atoms with E-state index in [4.69, 9.17) is 4.98 Å². The Morgan fingerprint density at radius 2 is 1.97 bits per heavy atom. The van der Waals surface area contributed by atoms with E-state index in [1.165, 1.54) is 5.57 Å². The summed E-state index contributed by atoms with van der Waals surface area (Å²) in [5.41, 5.74) is 4.37. The number of aryl methyl sites for hydroxylation is 2. The Hall–Kier alpha value is -2.96. The highest BCUT2D eigenvalue weighted by Crippen LogP contribution is 2.32. The summed E-state index contributed by atoms with van der Waals surface area (Å²) >= 11 is 0. The lowest BCUT2D eigenvalue weighted by Crippen LogP contribution is -2.27. The van der Waals surface area contributed by atoms with E-state index in [9.17, 15) is 9.59 Å². The van der Waals surface area contributed by atoms with Crippen molar-refractivity contribution in [1.29, 1.82) is 0 Å². The number of fused-ring (bicyclic) bond motifs is 1. The van der Waals surface area contributed by atoms with Gasteiger partial charge in [-0.15, -0.1) is 0 Å². The third-order valence-corrected chi connectivity index (χ3v) is 6.04. The molecule has 4 rings (SSSR count). The van der Waals surface area contributed by atoms with Crippen LogP contribution in [-0.2, 0) is 20.6 Å². The second kappa shape index (κ2) is 7.94. The number of ketones is 1. The average Bonchev–Trinajstić information content (AvgIpc) is 3.25. The van der Waals surface area contributed by atoms with Crippen molar-refractivity contribution in [3.05, 3.63) is 52.3 Å². The lowest BCUT2D eigenvalue weighted by Gasteiger charge is -2.21. The monoisotopic (exact) mass is 421 g/mol. The predicted molar refractivity (Wildman–Crippen MR) is 122 cm³/mol. The van der Waals surface area contributed by atoms with Crippen molar-refractivity contribution in [2.45, 2.75) is 53.0 Å². The quantitative estimate of drug-likeness (QED) is 0.584. The number of nitrogens with zero attached hydrogens (tertiary/aromatic N) is 5. The van der Waals surface area contributed by atoms with Gasteiger partial charge in [0.25, 0.3) is 0 Å². The Kier molecular flexibility index (Phi) is 5.45. The molecular weight excluding hydrogens is 390 g/mol.